The second kappa shape index (κ2) is 16.6. The molecule has 316 valence electrons. The molecule has 9 aromatic rings. The first-order chi connectivity index (χ1) is 32.0. The average molecular weight is 839 g/mol. The topological polar surface area (TPSA) is 8.17 Å². The lowest BCUT2D eigenvalue weighted by atomic mass is 9.82. The van der Waals surface area contributed by atoms with Crippen LogP contribution in [-0.4, -0.2) is 10.6 Å². The van der Waals surface area contributed by atoms with Crippen molar-refractivity contribution in [2.75, 3.05) is 4.90 Å². The number of aromatic nitrogens is 1. The Labute approximate surface area is 383 Å². The van der Waals surface area contributed by atoms with Crippen molar-refractivity contribution in [3.8, 4) is 33.4 Å². The Hall–Kier alpha value is -7.42. The van der Waals surface area contributed by atoms with Gasteiger partial charge in [0.15, 0.2) is 0 Å². The van der Waals surface area contributed by atoms with Crippen LogP contribution in [0.25, 0.3) is 77.2 Å². The van der Waals surface area contributed by atoms with Crippen LogP contribution in [0.2, 0.25) is 0 Å². The average Bonchev–Trinajstić information content (AvgIpc) is 3.83. The summed E-state index contributed by atoms with van der Waals surface area (Å²) in [7, 11) is 0. The molecule has 3 aliphatic rings. The number of nitrogens with zero attached hydrogens (tertiary/aromatic N) is 2. The van der Waals surface area contributed by atoms with Crippen molar-refractivity contribution in [1.29, 1.82) is 0 Å². The van der Waals surface area contributed by atoms with Crippen LogP contribution < -0.4 is 4.90 Å². The van der Waals surface area contributed by atoms with E-state index >= 15 is 0 Å². The van der Waals surface area contributed by atoms with Gasteiger partial charge in [-0.3, -0.25) is 0 Å². The van der Waals surface area contributed by atoms with Crippen molar-refractivity contribution in [2.45, 2.75) is 58.4 Å². The van der Waals surface area contributed by atoms with Gasteiger partial charge in [0.1, 0.15) is 0 Å². The maximum absolute atomic E-state index is 2.56. The van der Waals surface area contributed by atoms with E-state index < -0.39 is 0 Å². The minimum Gasteiger partial charge on any atom is -0.334 e. The summed E-state index contributed by atoms with van der Waals surface area (Å²) in [5.41, 5.74) is 19.0. The van der Waals surface area contributed by atoms with E-state index in [0.29, 0.717) is 0 Å². The fourth-order valence-corrected chi connectivity index (χ4v) is 10.7. The summed E-state index contributed by atoms with van der Waals surface area (Å²) < 4.78 is 2.46. The number of allylic oxidation sites excluding steroid dienone is 6. The fourth-order valence-electron chi connectivity index (χ4n) is 10.7. The molecule has 3 aliphatic carbocycles. The van der Waals surface area contributed by atoms with E-state index in [1.54, 1.807) is 0 Å². The minimum absolute atomic E-state index is 0.0875. The van der Waals surface area contributed by atoms with Crippen LogP contribution in [-0.2, 0) is 5.41 Å². The SMILES string of the molecule is CC.CC1(C)c2ccccc2-c2ccc(N(c3ccc(-c4ccc5c(c4)c4c6ccccc6ccc4n5C4=CCCC=C4)cc3)C3C=CC(c4ccc(-c5ccccc5)cc4)=CC3)cc21. The molecular formula is C63H54N2. The largest absolute Gasteiger partial charge is 0.334 e. The smallest absolute Gasteiger partial charge is 0.0560 e. The molecule has 0 aliphatic heterocycles. The molecule has 0 bridgehead atoms. The molecule has 0 saturated carbocycles. The molecule has 12 rings (SSSR count). The standard InChI is InChI=1S/C61H48N2.C2H6/c1-61(2)56-20-12-11-19-53(56)54-36-35-51(40-57(54)61)62(49-31-25-44(26-32-49)43-23-21-42(22-24-43)41-13-5-3-6-14-41)50-33-27-45(28-34-50)47-30-37-58-55(39-47)60-52-18-10-9-15-46(52)29-38-59(60)63(58)48-16-7-4-8-17-48;1-2/h3,5-7,9-31,33-40,49H,4,8,32H2,1-2H3;1-2H3. The van der Waals surface area contributed by atoms with Gasteiger partial charge in [0.25, 0.3) is 0 Å². The van der Waals surface area contributed by atoms with E-state index in [1.807, 2.05) is 13.8 Å². The molecule has 1 atom stereocenters. The fraction of sp³-hybridized carbons (Fsp3) is 0.143. The number of rotatable bonds is 7. The lowest BCUT2D eigenvalue weighted by Gasteiger charge is -2.34. The summed E-state index contributed by atoms with van der Waals surface area (Å²) in [6.45, 7) is 8.75. The molecule has 2 heteroatoms. The molecule has 2 nitrogen and oxygen atoms in total. The van der Waals surface area contributed by atoms with Crippen LogP contribution in [0.5, 0.6) is 0 Å². The Kier molecular flexibility index (Phi) is 10.3. The van der Waals surface area contributed by atoms with E-state index in [4.69, 9.17) is 0 Å². The van der Waals surface area contributed by atoms with Crippen molar-refractivity contribution in [3.63, 3.8) is 0 Å². The van der Waals surface area contributed by atoms with Gasteiger partial charge in [-0.15, -0.1) is 0 Å². The predicted octanol–water partition coefficient (Wildman–Crippen LogP) is 17.4. The van der Waals surface area contributed by atoms with Crippen molar-refractivity contribution in [1.82, 2.24) is 4.57 Å². The normalized spacial score (nSPS) is 15.8. The van der Waals surface area contributed by atoms with Crippen molar-refractivity contribution in [2.24, 2.45) is 0 Å². The number of anilines is 2. The minimum atomic E-state index is -0.0875. The molecule has 0 radical (unpaired) electrons. The van der Waals surface area contributed by atoms with Crippen LogP contribution in [0.3, 0.4) is 0 Å². The highest BCUT2D eigenvalue weighted by atomic mass is 15.2. The molecule has 0 spiro atoms. The first-order valence-electron chi connectivity index (χ1n) is 23.5. The number of hydrogen-bond acceptors (Lipinski definition) is 1. The van der Waals surface area contributed by atoms with Gasteiger partial charge in [0.2, 0.25) is 0 Å². The van der Waals surface area contributed by atoms with Crippen LogP contribution in [0.15, 0.2) is 212 Å². The lowest BCUT2D eigenvalue weighted by molar-refractivity contribution is 0.659. The maximum Gasteiger partial charge on any atom is 0.0560 e. The zero-order valence-corrected chi connectivity index (χ0v) is 37.8. The monoisotopic (exact) mass is 838 g/mol. The first kappa shape index (κ1) is 40.4. The Morgan fingerprint density at radius 2 is 1.17 bits per heavy atom. The third-order valence-corrected chi connectivity index (χ3v) is 13.9. The molecule has 1 unspecified atom stereocenters. The van der Waals surface area contributed by atoms with Crippen molar-refractivity contribution in [3.05, 3.63) is 229 Å². The first-order valence-corrected chi connectivity index (χ1v) is 23.5. The summed E-state index contributed by atoms with van der Waals surface area (Å²) >= 11 is 0. The van der Waals surface area contributed by atoms with Crippen LogP contribution in [0.1, 0.15) is 63.6 Å². The van der Waals surface area contributed by atoms with Gasteiger partial charge in [-0.25, -0.2) is 0 Å². The Bertz CT molecular complexity index is 3370. The highest BCUT2D eigenvalue weighted by Gasteiger charge is 2.36. The number of benzene rings is 8. The van der Waals surface area contributed by atoms with E-state index in [1.165, 1.54) is 105 Å². The van der Waals surface area contributed by atoms with Crippen molar-refractivity contribution < 1.29 is 0 Å². The van der Waals surface area contributed by atoms with Crippen LogP contribution >= 0.6 is 0 Å². The summed E-state index contributed by atoms with van der Waals surface area (Å²) in [6, 6.07) is 65.6. The molecule has 0 fully saturated rings. The van der Waals surface area contributed by atoms with Crippen molar-refractivity contribution >= 4 is 55.2 Å². The van der Waals surface area contributed by atoms with Gasteiger partial charge in [-0.1, -0.05) is 192 Å². The zero-order chi connectivity index (χ0) is 44.1. The zero-order valence-electron chi connectivity index (χ0n) is 37.8. The lowest BCUT2D eigenvalue weighted by Crippen LogP contribution is -2.30. The molecule has 65 heavy (non-hydrogen) atoms. The summed E-state index contributed by atoms with van der Waals surface area (Å²) in [5, 5.41) is 5.17. The molecule has 1 heterocycles. The third-order valence-electron chi connectivity index (χ3n) is 13.9. The molecule has 1 aromatic heterocycles. The Balaban J connectivity index is 0.00000231. The molecule has 8 aromatic carbocycles. The van der Waals surface area contributed by atoms with Gasteiger partial charge in [-0.2, -0.15) is 0 Å². The summed E-state index contributed by atoms with van der Waals surface area (Å²) in [6.07, 6.45) is 17.2. The summed E-state index contributed by atoms with van der Waals surface area (Å²) in [4.78, 5) is 2.56. The van der Waals surface area contributed by atoms with Gasteiger partial charge in [0.05, 0.1) is 17.1 Å². The second-order valence-electron chi connectivity index (χ2n) is 17.9. The van der Waals surface area contributed by atoms with Gasteiger partial charge < -0.3 is 9.47 Å². The Morgan fingerprint density at radius 1 is 0.508 bits per heavy atom. The van der Waals surface area contributed by atoms with Crippen LogP contribution in [0, 0.1) is 0 Å². The van der Waals surface area contributed by atoms with E-state index in [0.717, 1.165) is 19.3 Å². The van der Waals surface area contributed by atoms with Gasteiger partial charge >= 0.3 is 0 Å². The van der Waals surface area contributed by atoms with Crippen LogP contribution in [0.4, 0.5) is 11.4 Å². The highest BCUT2D eigenvalue weighted by Crippen LogP contribution is 2.50. The quantitative estimate of drug-likeness (QED) is 0.155. The molecule has 0 amide bonds. The third kappa shape index (κ3) is 6.96. The highest BCUT2D eigenvalue weighted by molar-refractivity contribution is 6.22. The molecule has 0 saturated heterocycles. The number of hydrogen-bond donors (Lipinski definition) is 0. The predicted molar refractivity (Wildman–Crippen MR) is 280 cm³/mol. The number of fused-ring (bicyclic) bond motifs is 8. The summed E-state index contributed by atoms with van der Waals surface area (Å²) in [5.74, 6) is 0. The van der Waals surface area contributed by atoms with Gasteiger partial charge in [0, 0.05) is 33.3 Å². The Morgan fingerprint density at radius 3 is 1.95 bits per heavy atom. The van der Waals surface area contributed by atoms with Gasteiger partial charge in [-0.05, 0) is 134 Å². The maximum atomic E-state index is 2.56. The van der Waals surface area contributed by atoms with E-state index in [2.05, 4.69) is 236 Å². The van der Waals surface area contributed by atoms with E-state index in [-0.39, 0.29) is 11.5 Å². The van der Waals surface area contributed by atoms with E-state index in [9.17, 15) is 0 Å². The molecule has 0 N–H and O–H groups in total. The molecular weight excluding hydrogens is 785 g/mol. The second-order valence-corrected chi connectivity index (χ2v) is 17.9.